The lowest BCUT2D eigenvalue weighted by molar-refractivity contribution is -0.00949. The maximum atomic E-state index is 11.6. The molecule has 0 spiro atoms. The van der Waals surface area contributed by atoms with Crippen LogP contribution in [0, 0.1) is 0 Å². The van der Waals surface area contributed by atoms with Crippen LogP contribution in [-0.4, -0.2) is 53.5 Å². The largest absolute Gasteiger partial charge is 0.508 e. The van der Waals surface area contributed by atoms with Gasteiger partial charge in [0.1, 0.15) is 18.3 Å². The highest BCUT2D eigenvalue weighted by Gasteiger charge is 2.64. The highest BCUT2D eigenvalue weighted by molar-refractivity contribution is 5.60. The second-order valence-electron chi connectivity index (χ2n) is 9.23. The van der Waals surface area contributed by atoms with Crippen molar-refractivity contribution in [2.45, 2.75) is 102 Å². The van der Waals surface area contributed by atoms with Crippen molar-refractivity contribution in [1.29, 1.82) is 0 Å². The van der Waals surface area contributed by atoms with Crippen molar-refractivity contribution in [3.8, 4) is 0 Å². The molecule has 0 radical (unpaired) electrons. The maximum absolute atomic E-state index is 11.6. The van der Waals surface area contributed by atoms with Crippen molar-refractivity contribution in [1.82, 2.24) is 0 Å². The molecule has 6 nitrogen and oxygen atoms in total. The highest BCUT2D eigenvalue weighted by atomic mass is 16.7. The van der Waals surface area contributed by atoms with Gasteiger partial charge in [-0.25, -0.2) is 4.79 Å². The Bertz CT molecular complexity index is 524. The van der Waals surface area contributed by atoms with Crippen LogP contribution in [0.2, 0.25) is 0 Å². The van der Waals surface area contributed by atoms with Gasteiger partial charge < -0.3 is 23.7 Å². The molecule has 0 aromatic heterocycles. The zero-order chi connectivity index (χ0) is 18.0. The van der Waals surface area contributed by atoms with E-state index in [1.54, 1.807) is 0 Å². The Morgan fingerprint density at radius 3 is 1.96 bits per heavy atom. The fraction of sp³-hybridized carbons (Fsp3) is 0.944. The van der Waals surface area contributed by atoms with Crippen LogP contribution in [0.15, 0.2) is 0 Å². The molecular formula is C18H30O6. The molecule has 0 aromatic carbocycles. The first-order valence-corrected chi connectivity index (χ1v) is 8.72. The Kier molecular flexibility index (Phi) is 3.98. The quantitative estimate of drug-likeness (QED) is 0.545. The van der Waals surface area contributed by atoms with E-state index in [0.717, 1.165) is 12.8 Å². The van der Waals surface area contributed by atoms with Gasteiger partial charge in [0.2, 0.25) is 0 Å². The van der Waals surface area contributed by atoms with Crippen molar-refractivity contribution >= 4 is 6.16 Å². The third kappa shape index (κ3) is 4.03. The SMILES string of the molecule is CC(C)(C)OC(=O)OC[C@H]1O[C@]1(C)C[C@H]1O[C@]1(C)C[C@H]1OC1(C)C. The topological polar surface area (TPSA) is 73.1 Å². The zero-order valence-electron chi connectivity index (χ0n) is 15.8. The van der Waals surface area contributed by atoms with Crippen LogP contribution in [0.25, 0.3) is 0 Å². The number of carbonyl (C=O) groups is 1. The summed E-state index contributed by atoms with van der Waals surface area (Å²) in [5.74, 6) is 0. The summed E-state index contributed by atoms with van der Waals surface area (Å²) < 4.78 is 27.6. The Hall–Kier alpha value is -0.850. The smallest absolute Gasteiger partial charge is 0.431 e. The van der Waals surface area contributed by atoms with Crippen LogP contribution in [0.1, 0.15) is 61.3 Å². The molecule has 0 unspecified atom stereocenters. The van der Waals surface area contributed by atoms with Gasteiger partial charge in [-0.3, -0.25) is 0 Å². The first-order valence-electron chi connectivity index (χ1n) is 8.72. The number of carbonyl (C=O) groups excluding carboxylic acids is 1. The number of hydrogen-bond acceptors (Lipinski definition) is 6. The van der Waals surface area contributed by atoms with Crippen LogP contribution in [0.5, 0.6) is 0 Å². The molecule has 3 rings (SSSR count). The van der Waals surface area contributed by atoms with Crippen molar-refractivity contribution < 1.29 is 28.5 Å². The third-order valence-corrected chi connectivity index (χ3v) is 5.16. The fourth-order valence-electron chi connectivity index (χ4n) is 3.19. The van der Waals surface area contributed by atoms with E-state index < -0.39 is 11.8 Å². The highest BCUT2D eigenvalue weighted by Crippen LogP contribution is 2.53. The fourth-order valence-corrected chi connectivity index (χ4v) is 3.19. The standard InChI is InChI=1S/C18H30O6/c1-15(2,3)24-14(19)20-10-13-18(7,23-13)9-12-17(6,22-12)8-11-16(4,5)21-11/h11-13H,8-10H2,1-7H3/t11-,12-,13-,17-,18-/m1/s1. The second kappa shape index (κ2) is 5.32. The van der Waals surface area contributed by atoms with Crippen molar-refractivity contribution in [2.75, 3.05) is 6.61 Å². The predicted molar refractivity (Wildman–Crippen MR) is 86.9 cm³/mol. The van der Waals surface area contributed by atoms with Gasteiger partial charge in [-0.15, -0.1) is 0 Å². The van der Waals surface area contributed by atoms with E-state index in [1.807, 2.05) is 27.7 Å². The molecule has 0 bridgehead atoms. The van der Waals surface area contributed by atoms with Crippen molar-refractivity contribution in [3.63, 3.8) is 0 Å². The summed E-state index contributed by atoms with van der Waals surface area (Å²) in [4.78, 5) is 11.6. The molecule has 6 heteroatoms. The van der Waals surface area contributed by atoms with Gasteiger partial charge in [0.05, 0.1) is 29.0 Å². The molecule has 3 aliphatic rings. The van der Waals surface area contributed by atoms with E-state index in [2.05, 4.69) is 20.8 Å². The third-order valence-electron chi connectivity index (χ3n) is 5.16. The molecule has 138 valence electrons. The Morgan fingerprint density at radius 2 is 1.42 bits per heavy atom. The first-order chi connectivity index (χ1) is 10.8. The summed E-state index contributed by atoms with van der Waals surface area (Å²) >= 11 is 0. The summed E-state index contributed by atoms with van der Waals surface area (Å²) in [6.45, 7) is 14.0. The molecule has 3 aliphatic heterocycles. The minimum Gasteiger partial charge on any atom is -0.431 e. The minimum atomic E-state index is -0.652. The molecule has 3 heterocycles. The minimum absolute atomic E-state index is 0.0106. The maximum Gasteiger partial charge on any atom is 0.508 e. The summed E-state index contributed by atoms with van der Waals surface area (Å²) in [5.41, 5.74) is -0.968. The van der Waals surface area contributed by atoms with Crippen LogP contribution < -0.4 is 0 Å². The Morgan fingerprint density at radius 1 is 0.917 bits per heavy atom. The molecule has 3 fully saturated rings. The van der Waals surface area contributed by atoms with Gasteiger partial charge in [-0.1, -0.05) is 0 Å². The molecule has 0 saturated carbocycles. The van der Waals surface area contributed by atoms with E-state index in [4.69, 9.17) is 23.7 Å². The van der Waals surface area contributed by atoms with Crippen LogP contribution >= 0.6 is 0 Å². The van der Waals surface area contributed by atoms with Gasteiger partial charge >= 0.3 is 6.16 Å². The van der Waals surface area contributed by atoms with Crippen molar-refractivity contribution in [3.05, 3.63) is 0 Å². The number of hydrogen-bond donors (Lipinski definition) is 0. The first kappa shape index (κ1) is 18.0. The van der Waals surface area contributed by atoms with E-state index in [9.17, 15) is 4.79 Å². The molecule has 5 atom stereocenters. The molecule has 0 N–H and O–H groups in total. The van der Waals surface area contributed by atoms with Crippen LogP contribution in [0.4, 0.5) is 4.79 Å². The average molecular weight is 342 g/mol. The lowest BCUT2D eigenvalue weighted by atomic mass is 9.91. The van der Waals surface area contributed by atoms with Crippen LogP contribution in [-0.2, 0) is 23.7 Å². The number of ether oxygens (including phenoxy) is 5. The summed E-state index contributed by atoms with van der Waals surface area (Å²) in [6.07, 6.45) is 1.44. The van der Waals surface area contributed by atoms with Gasteiger partial charge in [0.15, 0.2) is 0 Å². The molecule has 24 heavy (non-hydrogen) atoms. The Balaban J connectivity index is 1.38. The summed E-state index contributed by atoms with van der Waals surface area (Å²) in [6, 6.07) is 0. The monoisotopic (exact) mass is 342 g/mol. The van der Waals surface area contributed by atoms with E-state index in [-0.39, 0.29) is 41.7 Å². The van der Waals surface area contributed by atoms with Crippen molar-refractivity contribution in [2.24, 2.45) is 0 Å². The van der Waals surface area contributed by atoms with Gasteiger partial charge in [-0.05, 0) is 48.5 Å². The van der Waals surface area contributed by atoms with E-state index in [1.165, 1.54) is 0 Å². The van der Waals surface area contributed by atoms with Gasteiger partial charge in [-0.2, -0.15) is 0 Å². The average Bonchev–Trinajstić information content (AvgIpc) is 3.29. The predicted octanol–water partition coefficient (Wildman–Crippen LogP) is 3.21. The summed E-state index contributed by atoms with van der Waals surface area (Å²) in [7, 11) is 0. The molecular weight excluding hydrogens is 312 g/mol. The number of rotatable bonds is 6. The molecule has 0 amide bonds. The van der Waals surface area contributed by atoms with Crippen LogP contribution in [0.3, 0.4) is 0 Å². The normalized spacial score (nSPS) is 42.4. The van der Waals surface area contributed by atoms with E-state index >= 15 is 0 Å². The zero-order valence-corrected chi connectivity index (χ0v) is 15.8. The molecule has 3 saturated heterocycles. The molecule has 0 aromatic rings. The lowest BCUT2D eigenvalue weighted by Gasteiger charge is -2.18. The molecule has 0 aliphatic carbocycles. The Labute approximate surface area is 144 Å². The van der Waals surface area contributed by atoms with Gasteiger partial charge in [0.25, 0.3) is 0 Å². The number of epoxide rings is 3. The second-order valence-corrected chi connectivity index (χ2v) is 9.23. The summed E-state index contributed by atoms with van der Waals surface area (Å²) in [5, 5.41) is 0. The van der Waals surface area contributed by atoms with Gasteiger partial charge in [0, 0.05) is 12.8 Å². The lowest BCUT2D eigenvalue weighted by Crippen LogP contribution is -2.26. The van der Waals surface area contributed by atoms with E-state index in [0.29, 0.717) is 0 Å².